The fourth-order valence-electron chi connectivity index (χ4n) is 5.71. The third-order valence-electron chi connectivity index (χ3n) is 7.34. The Morgan fingerprint density at radius 1 is 1.00 bits per heavy atom. The zero-order chi connectivity index (χ0) is 20.9. The number of sulfonamides is 1. The van der Waals surface area contributed by atoms with Crippen molar-refractivity contribution in [2.24, 2.45) is 11.3 Å². The average molecular weight is 442 g/mol. The van der Waals surface area contributed by atoms with Crippen molar-refractivity contribution in [3.63, 3.8) is 0 Å². The second-order valence-electron chi connectivity index (χ2n) is 9.12. The molecule has 0 radical (unpaired) electrons. The number of hydrogen-bond acceptors (Lipinski definition) is 2. The van der Waals surface area contributed by atoms with Gasteiger partial charge in [0.25, 0.3) is 0 Å². The molecule has 0 amide bonds. The van der Waals surface area contributed by atoms with Gasteiger partial charge in [0.1, 0.15) is 0 Å². The van der Waals surface area contributed by atoms with E-state index in [0.717, 1.165) is 23.4 Å². The topological polar surface area (TPSA) is 37.4 Å². The molecular formula is C25H28ClNO2S. The van der Waals surface area contributed by atoms with Gasteiger partial charge in [0.2, 0.25) is 10.0 Å². The molecule has 3 atom stereocenters. The molecule has 30 heavy (non-hydrogen) atoms. The highest BCUT2D eigenvalue weighted by atomic mass is 35.5. The van der Waals surface area contributed by atoms with Crippen molar-refractivity contribution in [3.8, 4) is 0 Å². The summed E-state index contributed by atoms with van der Waals surface area (Å²) in [7, 11) is -3.51. The average Bonchev–Trinajstić information content (AvgIpc) is 3.23. The van der Waals surface area contributed by atoms with E-state index in [1.807, 2.05) is 25.1 Å². The number of nitrogens with zero attached hydrogens (tertiary/aromatic N) is 1. The molecule has 3 aliphatic rings. The Labute approximate surface area is 184 Å². The lowest BCUT2D eigenvalue weighted by Gasteiger charge is -2.26. The maximum absolute atomic E-state index is 13.4. The molecule has 2 saturated carbocycles. The lowest BCUT2D eigenvalue weighted by molar-refractivity contribution is 0.410. The first kappa shape index (κ1) is 20.3. The standard InChI is InChI=1S/C25H28ClNO2S/c1-18-12-14-21(15-13-18)30(28,29)27-16-22-23(19-8-4-2-5-9-19)25(22,17-27)24(26)20-10-6-3-7-11-20/h2,4-5,8-9,12-15,22-23H,3,6-7,10-11,16-17H2,1H3/t22-,23-,25+/m0/s1. The van der Waals surface area contributed by atoms with Crippen LogP contribution in [0.4, 0.5) is 0 Å². The predicted molar refractivity (Wildman–Crippen MR) is 121 cm³/mol. The molecule has 0 spiro atoms. The summed E-state index contributed by atoms with van der Waals surface area (Å²) in [6, 6.07) is 17.7. The molecule has 5 heteroatoms. The molecule has 1 heterocycles. The van der Waals surface area contributed by atoms with E-state index in [2.05, 4.69) is 24.3 Å². The number of aryl methyl sites for hydroxylation is 1. The van der Waals surface area contributed by atoms with Gasteiger partial charge >= 0.3 is 0 Å². The van der Waals surface area contributed by atoms with Crippen LogP contribution in [0.1, 0.15) is 49.1 Å². The van der Waals surface area contributed by atoms with E-state index in [1.165, 1.54) is 30.4 Å². The molecule has 5 rings (SSSR count). The number of benzene rings is 2. The van der Waals surface area contributed by atoms with Crippen LogP contribution in [0, 0.1) is 18.3 Å². The van der Waals surface area contributed by atoms with Crippen LogP contribution < -0.4 is 0 Å². The number of hydrogen-bond donors (Lipinski definition) is 0. The smallest absolute Gasteiger partial charge is 0.207 e. The predicted octanol–water partition coefficient (Wildman–Crippen LogP) is 5.86. The van der Waals surface area contributed by atoms with Crippen molar-refractivity contribution >= 4 is 21.6 Å². The van der Waals surface area contributed by atoms with Gasteiger partial charge in [-0.05, 0) is 56.2 Å². The molecule has 2 aromatic rings. The van der Waals surface area contributed by atoms with Crippen LogP contribution in [0.25, 0.3) is 0 Å². The van der Waals surface area contributed by atoms with Gasteiger partial charge in [0, 0.05) is 29.5 Å². The Bertz CT molecular complexity index is 1070. The zero-order valence-electron chi connectivity index (χ0n) is 17.4. The molecule has 1 saturated heterocycles. The highest BCUT2D eigenvalue weighted by molar-refractivity contribution is 7.89. The quantitative estimate of drug-likeness (QED) is 0.596. The van der Waals surface area contributed by atoms with E-state index in [9.17, 15) is 8.42 Å². The summed E-state index contributed by atoms with van der Waals surface area (Å²) in [5.74, 6) is 0.562. The SMILES string of the molecule is Cc1ccc(S(=O)(=O)N2C[C@H]3[C@H](c4ccccc4)[C@@]3(C(Cl)=C3CCCCC3)C2)cc1. The van der Waals surface area contributed by atoms with Crippen LogP contribution in [0.2, 0.25) is 0 Å². The largest absolute Gasteiger partial charge is 0.243 e. The molecule has 3 nitrogen and oxygen atoms in total. The van der Waals surface area contributed by atoms with Crippen molar-refractivity contribution in [2.75, 3.05) is 13.1 Å². The summed E-state index contributed by atoms with van der Waals surface area (Å²) in [6.45, 7) is 2.99. The van der Waals surface area contributed by atoms with Crippen molar-refractivity contribution < 1.29 is 8.42 Å². The molecular weight excluding hydrogens is 414 g/mol. The van der Waals surface area contributed by atoms with Crippen molar-refractivity contribution in [1.29, 1.82) is 0 Å². The number of allylic oxidation sites excluding steroid dienone is 1. The normalized spacial score (nSPS) is 28.9. The Morgan fingerprint density at radius 3 is 2.33 bits per heavy atom. The van der Waals surface area contributed by atoms with Gasteiger partial charge in [-0.3, -0.25) is 0 Å². The first-order valence-electron chi connectivity index (χ1n) is 10.9. The van der Waals surface area contributed by atoms with Gasteiger partial charge in [0.15, 0.2) is 0 Å². The van der Waals surface area contributed by atoms with Crippen LogP contribution in [0.3, 0.4) is 0 Å². The minimum atomic E-state index is -3.51. The van der Waals surface area contributed by atoms with E-state index in [1.54, 1.807) is 16.4 Å². The summed E-state index contributed by atoms with van der Waals surface area (Å²) in [4.78, 5) is 0.377. The summed E-state index contributed by atoms with van der Waals surface area (Å²) < 4.78 is 28.4. The van der Waals surface area contributed by atoms with Crippen LogP contribution >= 0.6 is 11.6 Å². The van der Waals surface area contributed by atoms with Crippen LogP contribution in [-0.2, 0) is 10.0 Å². The third-order valence-corrected chi connectivity index (χ3v) is 9.79. The highest BCUT2D eigenvalue weighted by Gasteiger charge is 2.72. The summed E-state index contributed by atoms with van der Waals surface area (Å²) in [6.07, 6.45) is 5.75. The van der Waals surface area contributed by atoms with E-state index in [-0.39, 0.29) is 11.3 Å². The third kappa shape index (κ3) is 3.16. The van der Waals surface area contributed by atoms with Gasteiger partial charge in [-0.1, -0.05) is 71.6 Å². The molecule has 0 aromatic heterocycles. The number of fused-ring (bicyclic) bond motifs is 1. The Kier molecular flexibility index (Phi) is 5.08. The van der Waals surface area contributed by atoms with Gasteiger partial charge < -0.3 is 0 Å². The van der Waals surface area contributed by atoms with Crippen LogP contribution in [-0.4, -0.2) is 25.8 Å². The minimum Gasteiger partial charge on any atom is -0.207 e. The first-order chi connectivity index (χ1) is 14.4. The molecule has 2 aliphatic carbocycles. The number of halogens is 1. The van der Waals surface area contributed by atoms with E-state index in [0.29, 0.717) is 23.9 Å². The lowest BCUT2D eigenvalue weighted by atomic mass is 9.88. The summed E-state index contributed by atoms with van der Waals surface area (Å²) in [5.41, 5.74) is 3.45. The van der Waals surface area contributed by atoms with Crippen LogP contribution in [0.5, 0.6) is 0 Å². The summed E-state index contributed by atoms with van der Waals surface area (Å²) in [5, 5.41) is 0.961. The summed E-state index contributed by atoms with van der Waals surface area (Å²) >= 11 is 7.13. The van der Waals surface area contributed by atoms with E-state index in [4.69, 9.17) is 11.6 Å². The van der Waals surface area contributed by atoms with Gasteiger partial charge in [0.05, 0.1) is 4.90 Å². The second kappa shape index (κ2) is 7.51. The maximum Gasteiger partial charge on any atom is 0.243 e. The van der Waals surface area contributed by atoms with Crippen molar-refractivity contribution in [3.05, 3.63) is 76.3 Å². The monoisotopic (exact) mass is 441 g/mol. The fraction of sp³-hybridized carbons (Fsp3) is 0.440. The van der Waals surface area contributed by atoms with E-state index < -0.39 is 10.0 Å². The second-order valence-corrected chi connectivity index (χ2v) is 11.4. The van der Waals surface area contributed by atoms with Gasteiger partial charge in [-0.2, -0.15) is 4.31 Å². The Hall–Kier alpha value is -1.62. The minimum absolute atomic E-state index is 0.252. The number of piperidine rings is 1. The molecule has 2 aromatic carbocycles. The molecule has 158 valence electrons. The molecule has 3 fully saturated rings. The lowest BCUT2D eigenvalue weighted by Crippen LogP contribution is -2.33. The van der Waals surface area contributed by atoms with Crippen molar-refractivity contribution in [1.82, 2.24) is 4.31 Å². The maximum atomic E-state index is 13.4. The fourth-order valence-corrected chi connectivity index (χ4v) is 7.73. The van der Waals surface area contributed by atoms with E-state index >= 15 is 0 Å². The zero-order valence-corrected chi connectivity index (χ0v) is 18.9. The Morgan fingerprint density at radius 2 is 1.67 bits per heavy atom. The van der Waals surface area contributed by atoms with Crippen LogP contribution in [0.15, 0.2) is 70.1 Å². The molecule has 0 bridgehead atoms. The highest BCUT2D eigenvalue weighted by Crippen LogP contribution is 2.74. The van der Waals surface area contributed by atoms with Crippen molar-refractivity contribution in [2.45, 2.75) is 49.8 Å². The molecule has 0 N–H and O–H groups in total. The van der Waals surface area contributed by atoms with Gasteiger partial charge in [-0.25, -0.2) is 8.42 Å². The Balaban J connectivity index is 1.51. The molecule has 1 aliphatic heterocycles. The van der Waals surface area contributed by atoms with Gasteiger partial charge in [-0.15, -0.1) is 0 Å². The molecule has 0 unspecified atom stereocenters. The number of rotatable bonds is 4. The first-order valence-corrected chi connectivity index (χ1v) is 12.8.